The minimum Gasteiger partial charge on any atom is -0.476 e. The number of nitrogens with one attached hydrogen (secondary N) is 1. The fourth-order valence-electron chi connectivity index (χ4n) is 1.91. The van der Waals surface area contributed by atoms with Crippen LogP contribution in [-0.4, -0.2) is 35.8 Å². The van der Waals surface area contributed by atoms with E-state index in [0.717, 1.165) is 32.6 Å². The van der Waals surface area contributed by atoms with E-state index in [9.17, 15) is 4.79 Å². The van der Waals surface area contributed by atoms with Gasteiger partial charge in [0.05, 0.1) is 11.6 Å². The van der Waals surface area contributed by atoms with Crippen molar-refractivity contribution in [3.05, 3.63) is 22.8 Å². The van der Waals surface area contributed by atoms with Crippen molar-refractivity contribution in [1.82, 2.24) is 4.98 Å². The van der Waals surface area contributed by atoms with Gasteiger partial charge in [-0.2, -0.15) is 0 Å². The minimum absolute atomic E-state index is 0.124. The lowest BCUT2D eigenvalue weighted by atomic mass is 10.0. The Hall–Kier alpha value is -1.33. The van der Waals surface area contributed by atoms with Crippen molar-refractivity contribution in [2.75, 3.05) is 25.1 Å². The summed E-state index contributed by atoms with van der Waals surface area (Å²) in [5.41, 5.74) is -0.124. The zero-order chi connectivity index (χ0) is 13.0. The molecule has 1 aromatic rings. The van der Waals surface area contributed by atoms with Gasteiger partial charge in [-0.25, -0.2) is 9.78 Å². The van der Waals surface area contributed by atoms with Crippen LogP contribution in [0.15, 0.2) is 12.1 Å². The second-order valence-corrected chi connectivity index (χ2v) is 4.70. The van der Waals surface area contributed by atoms with Gasteiger partial charge < -0.3 is 15.2 Å². The molecule has 0 spiro atoms. The summed E-state index contributed by atoms with van der Waals surface area (Å²) >= 11 is 5.75. The van der Waals surface area contributed by atoms with E-state index in [-0.39, 0.29) is 10.7 Å². The van der Waals surface area contributed by atoms with Crippen LogP contribution in [0.1, 0.15) is 23.3 Å². The number of aromatic carboxylic acids is 1. The molecular weight excluding hydrogens is 256 g/mol. The lowest BCUT2D eigenvalue weighted by Crippen LogP contribution is -2.24. The van der Waals surface area contributed by atoms with E-state index in [2.05, 4.69) is 10.3 Å². The average Bonchev–Trinajstić information content (AvgIpc) is 2.38. The molecule has 1 aromatic heterocycles. The number of rotatable bonds is 4. The zero-order valence-electron chi connectivity index (χ0n) is 9.86. The van der Waals surface area contributed by atoms with Crippen molar-refractivity contribution in [3.63, 3.8) is 0 Å². The molecule has 1 atom stereocenters. The molecule has 2 heterocycles. The highest BCUT2D eigenvalue weighted by Crippen LogP contribution is 2.18. The molecular formula is C12H15ClN2O3. The molecule has 18 heavy (non-hydrogen) atoms. The Morgan fingerprint density at radius 2 is 2.44 bits per heavy atom. The number of nitrogens with zero attached hydrogens (tertiary/aromatic N) is 1. The predicted molar refractivity (Wildman–Crippen MR) is 68.2 cm³/mol. The van der Waals surface area contributed by atoms with E-state index in [1.165, 1.54) is 6.07 Å². The number of ether oxygens (including phenoxy) is 1. The Kier molecular flexibility index (Phi) is 4.38. The van der Waals surface area contributed by atoms with E-state index in [1.807, 2.05) is 0 Å². The number of anilines is 1. The number of pyridine rings is 1. The van der Waals surface area contributed by atoms with Crippen LogP contribution in [0.3, 0.4) is 0 Å². The third kappa shape index (κ3) is 3.34. The van der Waals surface area contributed by atoms with Gasteiger partial charge in [0, 0.05) is 13.2 Å². The molecule has 0 aliphatic carbocycles. The Morgan fingerprint density at radius 3 is 3.11 bits per heavy atom. The van der Waals surface area contributed by atoms with Gasteiger partial charge in [-0.1, -0.05) is 11.6 Å². The largest absolute Gasteiger partial charge is 0.476 e. The summed E-state index contributed by atoms with van der Waals surface area (Å²) < 4.78 is 5.38. The second kappa shape index (κ2) is 6.02. The van der Waals surface area contributed by atoms with Crippen molar-refractivity contribution in [1.29, 1.82) is 0 Å². The number of carboxylic acid groups (broad SMARTS) is 1. The Balaban J connectivity index is 1.96. The highest BCUT2D eigenvalue weighted by Gasteiger charge is 2.15. The molecule has 2 N–H and O–H groups in total. The fraction of sp³-hybridized carbons (Fsp3) is 0.500. The lowest BCUT2D eigenvalue weighted by molar-refractivity contribution is 0.0594. The molecule has 0 saturated carbocycles. The van der Waals surface area contributed by atoms with Crippen LogP contribution in [0.25, 0.3) is 0 Å². The molecule has 0 aromatic carbocycles. The molecule has 2 rings (SSSR count). The van der Waals surface area contributed by atoms with Crippen LogP contribution >= 0.6 is 11.6 Å². The van der Waals surface area contributed by atoms with Gasteiger partial charge in [-0.3, -0.25) is 0 Å². The van der Waals surface area contributed by atoms with Crippen LogP contribution < -0.4 is 5.32 Å². The maximum atomic E-state index is 10.9. The third-order valence-electron chi connectivity index (χ3n) is 2.88. The molecule has 5 nitrogen and oxygen atoms in total. The van der Waals surface area contributed by atoms with Crippen LogP contribution in [0.5, 0.6) is 0 Å². The van der Waals surface area contributed by atoms with Gasteiger partial charge in [-0.15, -0.1) is 0 Å². The van der Waals surface area contributed by atoms with Crippen molar-refractivity contribution in [3.8, 4) is 0 Å². The van der Waals surface area contributed by atoms with Crippen LogP contribution in [0.4, 0.5) is 5.82 Å². The summed E-state index contributed by atoms with van der Waals surface area (Å²) in [6, 6.07) is 3.22. The summed E-state index contributed by atoms with van der Waals surface area (Å²) in [6.45, 7) is 2.30. The van der Waals surface area contributed by atoms with Crippen molar-refractivity contribution < 1.29 is 14.6 Å². The summed E-state index contributed by atoms with van der Waals surface area (Å²) in [5, 5.41) is 12.2. The predicted octanol–water partition coefficient (Wildman–Crippen LogP) is 2.27. The SMILES string of the molecule is O=C(O)c1nc(NCC2CCCOC2)ccc1Cl. The minimum atomic E-state index is -1.12. The lowest BCUT2D eigenvalue weighted by Gasteiger charge is -2.22. The van der Waals surface area contributed by atoms with E-state index in [0.29, 0.717) is 11.7 Å². The maximum absolute atomic E-state index is 10.9. The van der Waals surface area contributed by atoms with Gasteiger partial charge in [0.2, 0.25) is 0 Å². The van der Waals surface area contributed by atoms with Crippen LogP contribution in [-0.2, 0) is 4.74 Å². The van der Waals surface area contributed by atoms with E-state index < -0.39 is 5.97 Å². The number of halogens is 1. The Labute approximate surface area is 110 Å². The second-order valence-electron chi connectivity index (χ2n) is 4.30. The molecule has 98 valence electrons. The summed E-state index contributed by atoms with van der Waals surface area (Å²) in [7, 11) is 0. The summed E-state index contributed by atoms with van der Waals surface area (Å²) in [6.07, 6.45) is 2.19. The maximum Gasteiger partial charge on any atom is 0.356 e. The third-order valence-corrected chi connectivity index (χ3v) is 3.18. The molecule has 1 fully saturated rings. The highest BCUT2D eigenvalue weighted by molar-refractivity contribution is 6.33. The Bertz CT molecular complexity index is 433. The van der Waals surface area contributed by atoms with E-state index in [1.54, 1.807) is 6.07 Å². The monoisotopic (exact) mass is 270 g/mol. The van der Waals surface area contributed by atoms with Gasteiger partial charge in [0.15, 0.2) is 5.69 Å². The molecule has 1 aliphatic rings. The smallest absolute Gasteiger partial charge is 0.356 e. The first-order valence-corrected chi connectivity index (χ1v) is 6.26. The molecule has 1 unspecified atom stereocenters. The number of hydrogen-bond donors (Lipinski definition) is 2. The van der Waals surface area contributed by atoms with Gasteiger partial charge >= 0.3 is 5.97 Å². The summed E-state index contributed by atoms with van der Waals surface area (Å²) in [5.74, 6) is -0.142. The van der Waals surface area contributed by atoms with E-state index >= 15 is 0 Å². The van der Waals surface area contributed by atoms with Crippen molar-refractivity contribution in [2.45, 2.75) is 12.8 Å². The van der Waals surface area contributed by atoms with Crippen LogP contribution in [0, 0.1) is 5.92 Å². The highest BCUT2D eigenvalue weighted by atomic mass is 35.5. The molecule has 0 amide bonds. The first-order valence-electron chi connectivity index (χ1n) is 5.88. The zero-order valence-corrected chi connectivity index (χ0v) is 10.6. The molecule has 6 heteroatoms. The molecule has 1 aliphatic heterocycles. The van der Waals surface area contributed by atoms with Crippen molar-refractivity contribution >= 4 is 23.4 Å². The first-order chi connectivity index (χ1) is 8.66. The normalized spacial score (nSPS) is 19.5. The number of carboxylic acids is 1. The quantitative estimate of drug-likeness (QED) is 0.878. The first kappa shape index (κ1) is 13.1. The average molecular weight is 271 g/mol. The summed E-state index contributed by atoms with van der Waals surface area (Å²) in [4.78, 5) is 14.9. The van der Waals surface area contributed by atoms with E-state index in [4.69, 9.17) is 21.4 Å². The number of aromatic nitrogens is 1. The number of hydrogen-bond acceptors (Lipinski definition) is 4. The topological polar surface area (TPSA) is 71.5 Å². The van der Waals surface area contributed by atoms with Gasteiger partial charge in [0.25, 0.3) is 0 Å². The Morgan fingerprint density at radius 1 is 1.61 bits per heavy atom. The van der Waals surface area contributed by atoms with Crippen molar-refractivity contribution in [2.24, 2.45) is 5.92 Å². The molecule has 1 saturated heterocycles. The van der Waals surface area contributed by atoms with Gasteiger partial charge in [-0.05, 0) is 30.9 Å². The fourth-order valence-corrected chi connectivity index (χ4v) is 2.09. The van der Waals surface area contributed by atoms with Gasteiger partial charge in [0.1, 0.15) is 5.82 Å². The molecule has 0 radical (unpaired) electrons. The molecule has 0 bridgehead atoms. The standard InChI is InChI=1S/C12H15ClN2O3/c13-9-3-4-10(15-11(9)12(16)17)14-6-8-2-1-5-18-7-8/h3-4,8H,1-2,5-7H2,(H,14,15)(H,16,17). The number of carbonyl (C=O) groups is 1. The van der Waals surface area contributed by atoms with Crippen LogP contribution in [0.2, 0.25) is 5.02 Å².